The van der Waals surface area contributed by atoms with Crippen molar-refractivity contribution >= 4 is 33.5 Å². The zero-order valence-electron chi connectivity index (χ0n) is 18.5. The summed E-state index contributed by atoms with van der Waals surface area (Å²) in [6.07, 6.45) is 4.78. The third-order valence-electron chi connectivity index (χ3n) is 7.79. The van der Waals surface area contributed by atoms with Crippen molar-refractivity contribution < 1.29 is 4.42 Å². The number of rotatable bonds is 2. The SMILES string of the molecule is C=CC1=NC2C(CC23CN=C(C=C)c2cc4oc5nc(C)ccc5c4cc23)c2ccccc21. The van der Waals surface area contributed by atoms with Crippen LogP contribution < -0.4 is 0 Å². The van der Waals surface area contributed by atoms with Crippen molar-refractivity contribution in [1.82, 2.24) is 4.98 Å². The van der Waals surface area contributed by atoms with Crippen molar-refractivity contribution in [3.63, 3.8) is 0 Å². The molecule has 2 aliphatic heterocycles. The third kappa shape index (κ3) is 2.33. The molecular weight excluding hydrogens is 406 g/mol. The van der Waals surface area contributed by atoms with Crippen molar-refractivity contribution in [3.8, 4) is 0 Å². The highest BCUT2D eigenvalue weighted by atomic mass is 16.3. The molecule has 33 heavy (non-hydrogen) atoms. The molecular formula is C29H23N3O. The molecule has 3 atom stereocenters. The van der Waals surface area contributed by atoms with Crippen molar-refractivity contribution in [2.45, 2.75) is 30.7 Å². The Hall–Kier alpha value is -3.79. The molecule has 1 aliphatic carbocycles. The Balaban J connectivity index is 1.47. The van der Waals surface area contributed by atoms with E-state index in [1.165, 1.54) is 16.7 Å². The smallest absolute Gasteiger partial charge is 0.227 e. The molecule has 160 valence electrons. The van der Waals surface area contributed by atoms with E-state index < -0.39 is 0 Å². The fraction of sp³-hybridized carbons (Fsp3) is 0.207. The summed E-state index contributed by atoms with van der Waals surface area (Å²) in [6.45, 7) is 10.8. The Morgan fingerprint density at radius 1 is 1.00 bits per heavy atom. The fourth-order valence-electron chi connectivity index (χ4n) is 6.20. The number of allylic oxidation sites excluding steroid dienone is 2. The second-order valence-corrected chi connectivity index (χ2v) is 9.42. The highest BCUT2D eigenvalue weighted by Crippen LogP contribution is 2.59. The predicted molar refractivity (Wildman–Crippen MR) is 134 cm³/mol. The lowest BCUT2D eigenvalue weighted by molar-refractivity contribution is 0.159. The molecule has 4 heterocycles. The summed E-state index contributed by atoms with van der Waals surface area (Å²) in [7, 11) is 0. The number of nitrogens with zero attached hydrogens (tertiary/aromatic N) is 3. The lowest BCUT2D eigenvalue weighted by atomic mass is 9.50. The van der Waals surface area contributed by atoms with Gasteiger partial charge in [-0.15, -0.1) is 0 Å². The maximum atomic E-state index is 6.16. The van der Waals surface area contributed by atoms with Crippen molar-refractivity contribution in [2.75, 3.05) is 6.54 Å². The van der Waals surface area contributed by atoms with Crippen LogP contribution in [0.25, 0.3) is 22.1 Å². The largest absolute Gasteiger partial charge is 0.438 e. The van der Waals surface area contributed by atoms with Crippen LogP contribution in [0.4, 0.5) is 0 Å². The minimum absolute atomic E-state index is 0.135. The standard InChI is InChI=1S/C29H23N3O/c1-4-24-21-13-26-20(19-11-10-16(3)31-28(19)33-26)12-23(21)29(15-30-24)14-22-17-8-6-7-9-18(17)25(5-2)32-27(22)29/h4-13,22,27H,1-2,14-15H2,3H3. The van der Waals surface area contributed by atoms with Gasteiger partial charge in [-0.3, -0.25) is 9.98 Å². The summed E-state index contributed by atoms with van der Waals surface area (Å²) < 4.78 is 6.16. The van der Waals surface area contributed by atoms with Gasteiger partial charge in [0.2, 0.25) is 5.71 Å². The van der Waals surface area contributed by atoms with Gasteiger partial charge in [0, 0.05) is 38.9 Å². The summed E-state index contributed by atoms with van der Waals surface area (Å²) in [5.41, 5.74) is 9.25. The van der Waals surface area contributed by atoms with Crippen LogP contribution in [0.1, 0.15) is 40.3 Å². The first-order chi connectivity index (χ1) is 16.1. The van der Waals surface area contributed by atoms with Crippen molar-refractivity contribution in [3.05, 3.63) is 102 Å². The number of fused-ring (bicyclic) bond motifs is 9. The number of aromatic nitrogens is 1. The highest BCUT2D eigenvalue weighted by Gasteiger charge is 2.59. The minimum atomic E-state index is -0.135. The van der Waals surface area contributed by atoms with E-state index in [-0.39, 0.29) is 11.5 Å². The number of benzene rings is 2. The number of aliphatic imine (C=N–C) groups is 2. The van der Waals surface area contributed by atoms with E-state index >= 15 is 0 Å². The molecule has 7 rings (SSSR count). The summed E-state index contributed by atoms with van der Waals surface area (Å²) in [5, 5.41) is 2.16. The van der Waals surface area contributed by atoms with E-state index in [1.54, 1.807) is 0 Å². The molecule has 0 N–H and O–H groups in total. The zero-order valence-corrected chi connectivity index (χ0v) is 18.5. The Bertz CT molecular complexity index is 1590. The van der Waals surface area contributed by atoms with Crippen molar-refractivity contribution in [1.29, 1.82) is 0 Å². The maximum absolute atomic E-state index is 6.16. The van der Waals surface area contributed by atoms with E-state index in [4.69, 9.17) is 14.4 Å². The quantitative estimate of drug-likeness (QED) is 0.389. The van der Waals surface area contributed by atoms with E-state index in [2.05, 4.69) is 60.6 Å². The first kappa shape index (κ1) is 18.8. The molecule has 0 radical (unpaired) electrons. The van der Waals surface area contributed by atoms with E-state index in [1.807, 2.05) is 25.1 Å². The van der Waals surface area contributed by atoms with Crippen LogP contribution in [-0.4, -0.2) is 29.0 Å². The van der Waals surface area contributed by atoms with Gasteiger partial charge in [-0.05, 0) is 60.9 Å². The van der Waals surface area contributed by atoms with Crippen LogP contribution in [-0.2, 0) is 5.41 Å². The lowest BCUT2D eigenvalue weighted by Gasteiger charge is -2.56. The molecule has 3 unspecified atom stereocenters. The van der Waals surface area contributed by atoms with Gasteiger partial charge in [-0.1, -0.05) is 37.4 Å². The van der Waals surface area contributed by atoms with Gasteiger partial charge in [0.25, 0.3) is 0 Å². The molecule has 2 aromatic carbocycles. The molecule has 4 heteroatoms. The maximum Gasteiger partial charge on any atom is 0.227 e. The van der Waals surface area contributed by atoms with Crippen LogP contribution >= 0.6 is 0 Å². The molecule has 0 saturated heterocycles. The second kappa shape index (κ2) is 6.38. The monoisotopic (exact) mass is 429 g/mol. The highest BCUT2D eigenvalue weighted by molar-refractivity contribution is 6.15. The number of furan rings is 1. The fourth-order valence-corrected chi connectivity index (χ4v) is 6.20. The Kier molecular flexibility index (Phi) is 3.63. The van der Waals surface area contributed by atoms with Gasteiger partial charge < -0.3 is 4.42 Å². The van der Waals surface area contributed by atoms with Gasteiger partial charge in [0.15, 0.2) is 0 Å². The number of pyridine rings is 1. The Labute approximate surface area is 192 Å². The van der Waals surface area contributed by atoms with Gasteiger partial charge in [0.1, 0.15) is 5.58 Å². The lowest BCUT2D eigenvalue weighted by Crippen LogP contribution is -2.59. The molecule has 3 aliphatic rings. The number of aryl methyl sites for hydroxylation is 1. The molecule has 1 saturated carbocycles. The van der Waals surface area contributed by atoms with Crippen LogP contribution in [0.15, 0.2) is 88.2 Å². The molecule has 2 aromatic heterocycles. The van der Waals surface area contributed by atoms with Gasteiger partial charge in [-0.25, -0.2) is 4.98 Å². The Morgan fingerprint density at radius 2 is 1.85 bits per heavy atom. The minimum Gasteiger partial charge on any atom is -0.438 e. The second-order valence-electron chi connectivity index (χ2n) is 9.42. The average Bonchev–Trinajstić information content (AvgIpc) is 3.18. The molecule has 4 nitrogen and oxygen atoms in total. The normalized spacial score (nSPS) is 25.0. The zero-order chi connectivity index (χ0) is 22.3. The van der Waals surface area contributed by atoms with Crippen molar-refractivity contribution in [2.24, 2.45) is 9.98 Å². The molecule has 4 aromatic rings. The molecule has 1 spiro atoms. The van der Waals surface area contributed by atoms with Crippen LogP contribution in [0.5, 0.6) is 0 Å². The molecule has 1 fully saturated rings. The Morgan fingerprint density at radius 3 is 2.70 bits per heavy atom. The van der Waals surface area contributed by atoms with Gasteiger partial charge in [-0.2, -0.15) is 0 Å². The molecule has 0 amide bonds. The summed E-state index contributed by atoms with van der Waals surface area (Å²) in [5.74, 6) is 0.402. The van der Waals surface area contributed by atoms with Gasteiger partial charge in [0.05, 0.1) is 24.0 Å². The number of hydrogen-bond donors (Lipinski definition) is 0. The number of hydrogen-bond acceptors (Lipinski definition) is 4. The topological polar surface area (TPSA) is 50.8 Å². The van der Waals surface area contributed by atoms with Crippen LogP contribution in [0.3, 0.4) is 0 Å². The molecule has 0 bridgehead atoms. The van der Waals surface area contributed by atoms with E-state index in [0.29, 0.717) is 11.6 Å². The van der Waals surface area contributed by atoms with E-state index in [0.717, 1.165) is 52.0 Å². The van der Waals surface area contributed by atoms with Crippen LogP contribution in [0, 0.1) is 6.92 Å². The predicted octanol–water partition coefficient (Wildman–Crippen LogP) is 6.06. The van der Waals surface area contributed by atoms with Gasteiger partial charge >= 0.3 is 0 Å². The average molecular weight is 430 g/mol. The summed E-state index contributed by atoms with van der Waals surface area (Å²) in [4.78, 5) is 14.8. The first-order valence-electron chi connectivity index (χ1n) is 11.4. The van der Waals surface area contributed by atoms with E-state index in [9.17, 15) is 0 Å². The first-order valence-corrected chi connectivity index (χ1v) is 11.4. The van der Waals surface area contributed by atoms with Crippen LogP contribution in [0.2, 0.25) is 0 Å². The summed E-state index contributed by atoms with van der Waals surface area (Å²) in [6, 6.07) is 17.4. The third-order valence-corrected chi connectivity index (χ3v) is 7.79. The summed E-state index contributed by atoms with van der Waals surface area (Å²) >= 11 is 0.